The topological polar surface area (TPSA) is 80.4 Å². The molecule has 5 nitrogen and oxygen atoms in total. The first-order valence-electron chi connectivity index (χ1n) is 5.97. The van der Waals surface area contributed by atoms with Crippen molar-refractivity contribution in [2.75, 3.05) is 5.32 Å². The Morgan fingerprint density at radius 2 is 2.20 bits per heavy atom. The minimum Gasteiger partial charge on any atom is -0.384 e. The van der Waals surface area contributed by atoms with Gasteiger partial charge in [-0.05, 0) is 11.6 Å². The van der Waals surface area contributed by atoms with Crippen molar-refractivity contribution >= 4 is 28.2 Å². The summed E-state index contributed by atoms with van der Waals surface area (Å²) in [5.41, 5.74) is 6.57. The molecule has 0 atom stereocenters. The predicted molar refractivity (Wildman–Crippen MR) is 81.7 cm³/mol. The number of aromatic nitrogens is 1. The Morgan fingerprint density at radius 3 is 2.90 bits per heavy atom. The Morgan fingerprint density at radius 1 is 1.40 bits per heavy atom. The summed E-state index contributed by atoms with van der Waals surface area (Å²) >= 11 is 1.47. The van der Waals surface area contributed by atoms with Gasteiger partial charge in [0.25, 0.3) is 5.91 Å². The van der Waals surface area contributed by atoms with E-state index < -0.39 is 0 Å². The van der Waals surface area contributed by atoms with Crippen LogP contribution in [0, 0.1) is 0 Å². The normalized spacial score (nSPS) is 11.7. The monoisotopic (exact) mass is 286 g/mol. The molecule has 0 saturated carbocycles. The van der Waals surface area contributed by atoms with Crippen molar-refractivity contribution in [1.82, 2.24) is 4.98 Å². The third-order valence-corrected chi connectivity index (χ3v) is 3.05. The van der Waals surface area contributed by atoms with Gasteiger partial charge in [0.1, 0.15) is 5.84 Å². The van der Waals surface area contributed by atoms with E-state index in [0.29, 0.717) is 0 Å². The minimum absolute atomic E-state index is 0.162. The molecule has 6 heteroatoms. The van der Waals surface area contributed by atoms with E-state index in [-0.39, 0.29) is 18.2 Å². The average Bonchev–Trinajstić information content (AvgIpc) is 2.93. The largest absolute Gasteiger partial charge is 0.384 e. The molecule has 2 aromatic rings. The highest BCUT2D eigenvalue weighted by atomic mass is 32.1. The number of nitrogens with zero attached hydrogens (tertiary/aromatic N) is 2. The van der Waals surface area contributed by atoms with Crippen LogP contribution in [0.2, 0.25) is 0 Å². The van der Waals surface area contributed by atoms with Crippen LogP contribution in [0.25, 0.3) is 0 Å². The smallest absolute Gasteiger partial charge is 0.252 e. The molecule has 1 amide bonds. The molecule has 0 unspecified atom stereocenters. The lowest BCUT2D eigenvalue weighted by Crippen LogP contribution is -2.12. The Kier molecular flexibility index (Phi) is 5.02. The Bertz CT molecular complexity index is 605. The van der Waals surface area contributed by atoms with Gasteiger partial charge in [-0.15, -0.1) is 11.3 Å². The molecule has 0 radical (unpaired) electrons. The van der Waals surface area contributed by atoms with Crippen LogP contribution < -0.4 is 11.1 Å². The van der Waals surface area contributed by atoms with Gasteiger partial charge >= 0.3 is 0 Å². The predicted octanol–water partition coefficient (Wildman–Crippen LogP) is 2.20. The summed E-state index contributed by atoms with van der Waals surface area (Å²) in [6, 6.07) is 9.42. The highest BCUT2D eigenvalue weighted by molar-refractivity contribution is 7.13. The summed E-state index contributed by atoms with van der Waals surface area (Å²) in [6.45, 7) is 0. The molecule has 0 bridgehead atoms. The highest BCUT2D eigenvalue weighted by Gasteiger charge is 2.01. The lowest BCUT2D eigenvalue weighted by molar-refractivity contribution is -0.117. The first-order valence-corrected chi connectivity index (χ1v) is 6.85. The second kappa shape index (κ2) is 7.20. The number of amidine groups is 1. The van der Waals surface area contributed by atoms with Crippen LogP contribution in [0.15, 0.2) is 59.2 Å². The molecule has 2 rings (SSSR count). The average molecular weight is 286 g/mol. The SMILES string of the molecule is NC(/C=C\Nc1nccs1)=NC(=O)Cc1ccccc1. The molecule has 0 aliphatic heterocycles. The summed E-state index contributed by atoms with van der Waals surface area (Å²) in [7, 11) is 0. The van der Waals surface area contributed by atoms with Gasteiger partial charge in [0.15, 0.2) is 5.13 Å². The number of nitrogens with one attached hydrogen (secondary N) is 1. The maximum absolute atomic E-state index is 11.7. The van der Waals surface area contributed by atoms with Crippen LogP contribution in [0.5, 0.6) is 0 Å². The van der Waals surface area contributed by atoms with Gasteiger partial charge in [-0.1, -0.05) is 30.3 Å². The molecular weight excluding hydrogens is 272 g/mol. The zero-order valence-corrected chi connectivity index (χ0v) is 11.5. The van der Waals surface area contributed by atoms with Gasteiger partial charge in [-0.25, -0.2) is 4.98 Å². The number of aliphatic imine (C=N–C) groups is 1. The van der Waals surface area contributed by atoms with E-state index >= 15 is 0 Å². The van der Waals surface area contributed by atoms with Gasteiger partial charge < -0.3 is 11.1 Å². The fraction of sp³-hybridized carbons (Fsp3) is 0.0714. The van der Waals surface area contributed by atoms with E-state index in [2.05, 4.69) is 15.3 Å². The molecule has 3 N–H and O–H groups in total. The lowest BCUT2D eigenvalue weighted by Gasteiger charge is -1.97. The van der Waals surface area contributed by atoms with Crippen LogP contribution in [0.4, 0.5) is 5.13 Å². The maximum atomic E-state index is 11.7. The molecule has 0 aliphatic carbocycles. The van der Waals surface area contributed by atoms with Crippen LogP contribution in [0.3, 0.4) is 0 Å². The summed E-state index contributed by atoms with van der Waals surface area (Å²) in [6.07, 6.45) is 5.08. The number of rotatable bonds is 5. The minimum atomic E-state index is -0.271. The van der Waals surface area contributed by atoms with E-state index in [1.54, 1.807) is 12.4 Å². The molecule has 0 aliphatic rings. The quantitative estimate of drug-likeness (QED) is 0.652. The fourth-order valence-electron chi connectivity index (χ4n) is 1.48. The van der Waals surface area contributed by atoms with Gasteiger partial charge in [0.05, 0.1) is 6.42 Å². The number of nitrogens with two attached hydrogens (primary N) is 1. The van der Waals surface area contributed by atoms with Gasteiger partial charge in [0.2, 0.25) is 0 Å². The summed E-state index contributed by atoms with van der Waals surface area (Å²) < 4.78 is 0. The van der Waals surface area contributed by atoms with Crippen LogP contribution >= 0.6 is 11.3 Å². The second-order valence-electron chi connectivity index (χ2n) is 3.91. The van der Waals surface area contributed by atoms with Gasteiger partial charge in [-0.3, -0.25) is 4.79 Å². The number of hydrogen-bond acceptors (Lipinski definition) is 4. The van der Waals surface area contributed by atoms with Crippen molar-refractivity contribution < 1.29 is 4.79 Å². The molecular formula is C14H14N4OS. The number of carbonyl (C=O) groups excluding carboxylic acids is 1. The number of amides is 1. The van der Waals surface area contributed by atoms with E-state index in [9.17, 15) is 4.79 Å². The molecule has 1 aromatic carbocycles. The summed E-state index contributed by atoms with van der Waals surface area (Å²) in [5.74, 6) is -0.109. The molecule has 1 aromatic heterocycles. The van der Waals surface area contributed by atoms with Gasteiger partial charge in [0, 0.05) is 17.8 Å². The van der Waals surface area contributed by atoms with E-state index in [1.165, 1.54) is 17.4 Å². The first-order chi connectivity index (χ1) is 9.74. The standard InChI is InChI=1S/C14H14N4OS/c15-12(6-7-16-14-17-8-9-20-14)18-13(19)10-11-4-2-1-3-5-11/h1-9H,10H2,(H,16,17)(H2,15,18,19)/b7-6-. The van der Waals surface area contributed by atoms with Crippen LogP contribution in [-0.4, -0.2) is 16.7 Å². The van der Waals surface area contributed by atoms with Crippen molar-refractivity contribution in [3.63, 3.8) is 0 Å². The van der Waals surface area contributed by atoms with E-state index in [4.69, 9.17) is 5.73 Å². The van der Waals surface area contributed by atoms with Crippen LogP contribution in [-0.2, 0) is 11.2 Å². The number of hydrogen-bond donors (Lipinski definition) is 2. The van der Waals surface area contributed by atoms with Crippen molar-refractivity contribution in [3.8, 4) is 0 Å². The first kappa shape index (κ1) is 14.0. The summed E-state index contributed by atoms with van der Waals surface area (Å²) in [4.78, 5) is 19.5. The second-order valence-corrected chi connectivity index (χ2v) is 4.80. The fourth-order valence-corrected chi connectivity index (χ4v) is 1.99. The molecule has 0 spiro atoms. The summed E-state index contributed by atoms with van der Waals surface area (Å²) in [5, 5.41) is 5.55. The van der Waals surface area contributed by atoms with E-state index in [1.807, 2.05) is 35.7 Å². The van der Waals surface area contributed by atoms with Crippen molar-refractivity contribution in [1.29, 1.82) is 0 Å². The molecule has 20 heavy (non-hydrogen) atoms. The van der Waals surface area contributed by atoms with Crippen molar-refractivity contribution in [3.05, 3.63) is 59.7 Å². The zero-order chi connectivity index (χ0) is 14.2. The number of carbonyl (C=O) groups is 1. The Balaban J connectivity index is 1.86. The third-order valence-electron chi connectivity index (χ3n) is 2.35. The molecule has 0 saturated heterocycles. The molecule has 102 valence electrons. The Labute approximate surface area is 120 Å². The number of benzene rings is 1. The number of anilines is 1. The van der Waals surface area contributed by atoms with Crippen LogP contribution in [0.1, 0.15) is 5.56 Å². The lowest BCUT2D eigenvalue weighted by atomic mass is 10.1. The highest BCUT2D eigenvalue weighted by Crippen LogP contribution is 2.09. The third kappa shape index (κ3) is 4.66. The van der Waals surface area contributed by atoms with Crippen molar-refractivity contribution in [2.24, 2.45) is 10.7 Å². The zero-order valence-electron chi connectivity index (χ0n) is 10.7. The van der Waals surface area contributed by atoms with Crippen molar-refractivity contribution in [2.45, 2.75) is 6.42 Å². The Hall–Kier alpha value is -2.47. The molecule has 0 fully saturated rings. The van der Waals surface area contributed by atoms with E-state index in [0.717, 1.165) is 10.7 Å². The number of thiazole rings is 1. The molecule has 1 heterocycles. The maximum Gasteiger partial charge on any atom is 0.252 e. The van der Waals surface area contributed by atoms with Gasteiger partial charge in [-0.2, -0.15) is 4.99 Å².